The van der Waals surface area contributed by atoms with E-state index in [1.54, 1.807) is 0 Å². The SMILES string of the molecule is CC(C)CNC1CC(c2ccccc2)CN(CC#N)C1. The van der Waals surface area contributed by atoms with Crippen molar-refractivity contribution in [3.8, 4) is 6.07 Å². The fraction of sp³-hybridized carbons (Fsp3) is 0.588. The summed E-state index contributed by atoms with van der Waals surface area (Å²) in [4.78, 5) is 2.28. The molecule has 0 aliphatic carbocycles. The fourth-order valence-corrected chi connectivity index (χ4v) is 2.94. The van der Waals surface area contributed by atoms with Crippen LogP contribution in [0, 0.1) is 17.2 Å². The van der Waals surface area contributed by atoms with Crippen molar-refractivity contribution in [1.82, 2.24) is 10.2 Å². The molecule has 1 aliphatic rings. The van der Waals surface area contributed by atoms with Crippen LogP contribution in [0.2, 0.25) is 0 Å². The molecule has 3 nitrogen and oxygen atoms in total. The number of piperidine rings is 1. The third-order valence-corrected chi connectivity index (χ3v) is 3.91. The molecule has 0 bridgehead atoms. The van der Waals surface area contributed by atoms with E-state index < -0.39 is 0 Å². The smallest absolute Gasteiger partial charge is 0.0866 e. The van der Waals surface area contributed by atoms with Crippen molar-refractivity contribution in [2.45, 2.75) is 32.2 Å². The summed E-state index contributed by atoms with van der Waals surface area (Å²) in [6.45, 7) is 8.03. The highest BCUT2D eigenvalue weighted by Crippen LogP contribution is 2.26. The number of nitriles is 1. The summed E-state index contributed by atoms with van der Waals surface area (Å²) in [5.41, 5.74) is 1.39. The number of likely N-dealkylation sites (tertiary alicyclic amines) is 1. The molecule has 0 radical (unpaired) electrons. The molecule has 0 aromatic heterocycles. The second-order valence-electron chi connectivity index (χ2n) is 6.19. The van der Waals surface area contributed by atoms with Crippen LogP contribution in [-0.2, 0) is 0 Å². The van der Waals surface area contributed by atoms with Crippen molar-refractivity contribution in [3.63, 3.8) is 0 Å². The monoisotopic (exact) mass is 271 g/mol. The van der Waals surface area contributed by atoms with Gasteiger partial charge in [0.15, 0.2) is 0 Å². The molecule has 1 aromatic rings. The maximum atomic E-state index is 8.97. The minimum Gasteiger partial charge on any atom is -0.312 e. The lowest BCUT2D eigenvalue weighted by molar-refractivity contribution is 0.186. The summed E-state index contributed by atoms with van der Waals surface area (Å²) in [6.07, 6.45) is 1.17. The Morgan fingerprint density at radius 2 is 2.05 bits per heavy atom. The predicted octanol–water partition coefficient (Wildman–Crippen LogP) is 2.61. The lowest BCUT2D eigenvalue weighted by Crippen LogP contribution is -2.49. The van der Waals surface area contributed by atoms with Crippen LogP contribution >= 0.6 is 0 Å². The van der Waals surface area contributed by atoms with Crippen LogP contribution in [0.4, 0.5) is 0 Å². The minimum atomic E-state index is 0.490. The van der Waals surface area contributed by atoms with E-state index in [1.165, 1.54) is 12.0 Å². The molecular weight excluding hydrogens is 246 g/mol. The lowest BCUT2D eigenvalue weighted by atomic mass is 9.88. The summed E-state index contributed by atoms with van der Waals surface area (Å²) in [7, 11) is 0. The third-order valence-electron chi connectivity index (χ3n) is 3.91. The normalized spacial score (nSPS) is 23.7. The summed E-state index contributed by atoms with van der Waals surface area (Å²) in [5.74, 6) is 1.19. The van der Waals surface area contributed by atoms with Crippen LogP contribution in [0.1, 0.15) is 31.7 Å². The zero-order valence-corrected chi connectivity index (χ0v) is 12.5. The first-order valence-electron chi connectivity index (χ1n) is 7.56. The van der Waals surface area contributed by atoms with Crippen LogP contribution in [0.3, 0.4) is 0 Å². The van der Waals surface area contributed by atoms with Gasteiger partial charge in [-0.25, -0.2) is 0 Å². The molecule has 2 unspecified atom stereocenters. The Bertz CT molecular complexity index is 435. The average Bonchev–Trinajstić information content (AvgIpc) is 2.46. The molecule has 1 heterocycles. The van der Waals surface area contributed by atoms with Crippen LogP contribution in [0.15, 0.2) is 30.3 Å². The molecule has 20 heavy (non-hydrogen) atoms. The summed E-state index contributed by atoms with van der Waals surface area (Å²) >= 11 is 0. The third kappa shape index (κ3) is 4.33. The van der Waals surface area contributed by atoms with Crippen LogP contribution in [0.5, 0.6) is 0 Å². The topological polar surface area (TPSA) is 39.1 Å². The van der Waals surface area contributed by atoms with Gasteiger partial charge < -0.3 is 5.32 Å². The molecule has 2 atom stereocenters. The number of hydrogen-bond donors (Lipinski definition) is 1. The first-order valence-corrected chi connectivity index (χ1v) is 7.56. The van der Waals surface area contributed by atoms with E-state index in [-0.39, 0.29) is 0 Å². The van der Waals surface area contributed by atoms with Crippen LogP contribution in [-0.4, -0.2) is 37.1 Å². The molecule has 1 fully saturated rings. The zero-order chi connectivity index (χ0) is 14.4. The van der Waals surface area contributed by atoms with Crippen LogP contribution in [0.25, 0.3) is 0 Å². The molecule has 1 N–H and O–H groups in total. The van der Waals surface area contributed by atoms with E-state index in [0.29, 0.717) is 24.4 Å². The Balaban J connectivity index is 2.02. The minimum absolute atomic E-state index is 0.490. The maximum Gasteiger partial charge on any atom is 0.0866 e. The van der Waals surface area contributed by atoms with Gasteiger partial charge in [0.25, 0.3) is 0 Å². The van der Waals surface area contributed by atoms with E-state index in [4.69, 9.17) is 5.26 Å². The average molecular weight is 271 g/mol. The number of rotatable bonds is 5. The Morgan fingerprint density at radius 1 is 1.30 bits per heavy atom. The van der Waals surface area contributed by atoms with Gasteiger partial charge in [0.05, 0.1) is 12.6 Å². The van der Waals surface area contributed by atoms with E-state index in [1.807, 2.05) is 0 Å². The van der Waals surface area contributed by atoms with Gasteiger partial charge in [-0.2, -0.15) is 5.26 Å². The van der Waals surface area contributed by atoms with E-state index in [9.17, 15) is 0 Å². The lowest BCUT2D eigenvalue weighted by Gasteiger charge is -2.37. The summed E-state index contributed by atoms with van der Waals surface area (Å²) in [5, 5.41) is 12.6. The Kier molecular flexibility index (Phi) is 5.58. The van der Waals surface area contributed by atoms with Gasteiger partial charge >= 0.3 is 0 Å². The van der Waals surface area contributed by atoms with Crippen molar-refractivity contribution < 1.29 is 0 Å². The van der Waals surface area contributed by atoms with E-state index in [2.05, 4.69) is 60.5 Å². The van der Waals surface area contributed by atoms with Crippen molar-refractivity contribution in [2.75, 3.05) is 26.2 Å². The highest BCUT2D eigenvalue weighted by molar-refractivity contribution is 5.21. The first-order chi connectivity index (χ1) is 9.69. The van der Waals surface area contributed by atoms with Gasteiger partial charge in [-0.05, 0) is 30.4 Å². The maximum absolute atomic E-state index is 8.97. The molecular formula is C17H25N3. The zero-order valence-electron chi connectivity index (χ0n) is 12.5. The van der Waals surface area contributed by atoms with Gasteiger partial charge in [-0.3, -0.25) is 4.90 Å². The molecule has 1 saturated heterocycles. The number of nitrogens with zero attached hydrogens (tertiary/aromatic N) is 2. The van der Waals surface area contributed by atoms with Gasteiger partial charge in [0.1, 0.15) is 0 Å². The van der Waals surface area contributed by atoms with Crippen molar-refractivity contribution >= 4 is 0 Å². The second kappa shape index (κ2) is 7.42. The highest BCUT2D eigenvalue weighted by Gasteiger charge is 2.27. The van der Waals surface area contributed by atoms with Gasteiger partial charge in [-0.1, -0.05) is 44.2 Å². The molecule has 0 saturated carbocycles. The van der Waals surface area contributed by atoms with Crippen LogP contribution < -0.4 is 5.32 Å². The van der Waals surface area contributed by atoms with Gasteiger partial charge in [0.2, 0.25) is 0 Å². The highest BCUT2D eigenvalue weighted by atomic mass is 15.2. The molecule has 1 aliphatic heterocycles. The Hall–Kier alpha value is -1.37. The molecule has 1 aromatic carbocycles. The molecule has 0 amide bonds. The standard InChI is InChI=1S/C17H25N3/c1-14(2)11-19-17-10-16(12-20(13-17)9-8-18)15-6-4-3-5-7-15/h3-7,14,16-17,19H,9-13H2,1-2H3. The quantitative estimate of drug-likeness (QED) is 0.837. The van der Waals surface area contributed by atoms with Crippen molar-refractivity contribution in [2.24, 2.45) is 5.92 Å². The van der Waals surface area contributed by atoms with Gasteiger partial charge in [0, 0.05) is 19.1 Å². The fourth-order valence-electron chi connectivity index (χ4n) is 2.94. The second-order valence-corrected chi connectivity index (χ2v) is 6.19. The van der Waals surface area contributed by atoms with E-state index in [0.717, 1.165) is 19.6 Å². The number of nitrogens with one attached hydrogen (secondary N) is 1. The van der Waals surface area contributed by atoms with Gasteiger partial charge in [-0.15, -0.1) is 0 Å². The Labute approximate surface area is 122 Å². The molecule has 3 heteroatoms. The molecule has 2 rings (SSSR count). The summed E-state index contributed by atoms with van der Waals surface area (Å²) in [6, 6.07) is 13.5. The number of hydrogen-bond acceptors (Lipinski definition) is 3. The Morgan fingerprint density at radius 3 is 2.70 bits per heavy atom. The number of benzene rings is 1. The largest absolute Gasteiger partial charge is 0.312 e. The van der Waals surface area contributed by atoms with Crippen molar-refractivity contribution in [3.05, 3.63) is 35.9 Å². The molecule has 0 spiro atoms. The first kappa shape index (κ1) is 15.0. The van der Waals surface area contributed by atoms with E-state index >= 15 is 0 Å². The molecule has 108 valence electrons. The van der Waals surface area contributed by atoms with Crippen molar-refractivity contribution in [1.29, 1.82) is 5.26 Å². The predicted molar refractivity (Wildman–Crippen MR) is 82.5 cm³/mol. The summed E-state index contributed by atoms with van der Waals surface area (Å²) < 4.78 is 0.